The zero-order valence-electron chi connectivity index (χ0n) is 15.4. The first-order chi connectivity index (χ1) is 13.5. The van der Waals surface area contributed by atoms with Gasteiger partial charge >= 0.3 is 0 Å². The number of aliphatic hydroxyl groups is 1. The lowest BCUT2D eigenvalue weighted by atomic mass is 9.97. The van der Waals surface area contributed by atoms with Gasteiger partial charge in [0.2, 0.25) is 0 Å². The van der Waals surface area contributed by atoms with Crippen molar-refractivity contribution in [1.29, 1.82) is 10.5 Å². The van der Waals surface area contributed by atoms with Gasteiger partial charge in [-0.1, -0.05) is 12.1 Å². The molecule has 1 aromatic heterocycles. The summed E-state index contributed by atoms with van der Waals surface area (Å²) in [7, 11) is 0. The molecule has 0 spiro atoms. The van der Waals surface area contributed by atoms with Crippen LogP contribution in [-0.2, 0) is 4.74 Å². The summed E-state index contributed by atoms with van der Waals surface area (Å²) in [6, 6.07) is 11.3. The fourth-order valence-electron chi connectivity index (χ4n) is 2.70. The topological polar surface area (TPSA) is 125 Å². The Bertz CT molecular complexity index is 928. The molecule has 2 aromatic rings. The normalized spacial score (nSPS) is 14.6. The van der Waals surface area contributed by atoms with Crippen molar-refractivity contribution >= 4 is 17.6 Å². The zero-order chi connectivity index (χ0) is 20.1. The molecule has 3 N–H and O–H groups in total. The lowest BCUT2D eigenvalue weighted by Gasteiger charge is -2.25. The van der Waals surface area contributed by atoms with Crippen LogP contribution in [0.25, 0.3) is 11.1 Å². The van der Waals surface area contributed by atoms with Gasteiger partial charge in [-0.25, -0.2) is 4.98 Å². The molecule has 1 atom stereocenters. The molecule has 1 fully saturated rings. The lowest BCUT2D eigenvalue weighted by Crippen LogP contribution is -2.29. The van der Waals surface area contributed by atoms with Crippen LogP contribution in [0.1, 0.15) is 18.1 Å². The number of nitrogen functional groups attached to an aromatic ring is 1. The smallest absolute Gasteiger partial charge is 0.143 e. The quantitative estimate of drug-likeness (QED) is 0.684. The minimum Gasteiger partial charge on any atom is -0.491 e. The van der Waals surface area contributed by atoms with E-state index in [0.717, 1.165) is 5.75 Å². The molecule has 1 unspecified atom stereocenters. The Kier molecular flexibility index (Phi) is 6.37. The number of thioether (sulfide) groups is 1. The van der Waals surface area contributed by atoms with Gasteiger partial charge in [0, 0.05) is 17.2 Å². The second-order valence-electron chi connectivity index (χ2n) is 6.55. The fourth-order valence-corrected chi connectivity index (χ4v) is 3.74. The number of anilines is 1. The van der Waals surface area contributed by atoms with Gasteiger partial charge in [0.1, 0.15) is 40.9 Å². The van der Waals surface area contributed by atoms with E-state index in [9.17, 15) is 15.6 Å². The van der Waals surface area contributed by atoms with Gasteiger partial charge in [0.15, 0.2) is 0 Å². The predicted molar refractivity (Wildman–Crippen MR) is 106 cm³/mol. The number of nitrogens with two attached hydrogens (primary N) is 1. The highest BCUT2D eigenvalue weighted by Crippen LogP contribution is 2.37. The summed E-state index contributed by atoms with van der Waals surface area (Å²) < 4.78 is 10.7. The largest absolute Gasteiger partial charge is 0.491 e. The summed E-state index contributed by atoms with van der Waals surface area (Å²) in [5, 5.41) is 29.2. The minimum atomic E-state index is -0.573. The molecule has 0 radical (unpaired) electrons. The summed E-state index contributed by atoms with van der Waals surface area (Å²) >= 11 is 1.46. The average molecular weight is 396 g/mol. The van der Waals surface area contributed by atoms with Crippen LogP contribution in [0.4, 0.5) is 5.82 Å². The molecule has 0 saturated carbocycles. The molecule has 7 nitrogen and oxygen atoms in total. The van der Waals surface area contributed by atoms with Gasteiger partial charge < -0.3 is 20.3 Å². The number of aromatic nitrogens is 1. The van der Waals surface area contributed by atoms with E-state index in [0.29, 0.717) is 46.6 Å². The van der Waals surface area contributed by atoms with Crippen molar-refractivity contribution in [3.8, 4) is 29.0 Å². The number of pyridine rings is 1. The molecule has 1 aromatic carbocycles. The molecule has 2 heterocycles. The fraction of sp³-hybridized carbons (Fsp3) is 0.350. The van der Waals surface area contributed by atoms with Crippen molar-refractivity contribution in [3.63, 3.8) is 0 Å². The van der Waals surface area contributed by atoms with Crippen LogP contribution in [0, 0.1) is 28.6 Å². The van der Waals surface area contributed by atoms with Crippen molar-refractivity contribution in [1.82, 2.24) is 4.98 Å². The van der Waals surface area contributed by atoms with E-state index in [-0.39, 0.29) is 18.0 Å². The number of hydrogen-bond acceptors (Lipinski definition) is 8. The van der Waals surface area contributed by atoms with Crippen LogP contribution in [0.3, 0.4) is 0 Å². The second kappa shape index (κ2) is 8.94. The van der Waals surface area contributed by atoms with Crippen LogP contribution in [0.2, 0.25) is 0 Å². The lowest BCUT2D eigenvalue weighted by molar-refractivity contribution is -0.0196. The van der Waals surface area contributed by atoms with Crippen LogP contribution in [-0.4, -0.2) is 41.8 Å². The van der Waals surface area contributed by atoms with E-state index in [4.69, 9.17) is 15.2 Å². The first kappa shape index (κ1) is 20.0. The first-order valence-electron chi connectivity index (χ1n) is 8.79. The molecule has 0 amide bonds. The minimum absolute atomic E-state index is 0.110. The summed E-state index contributed by atoms with van der Waals surface area (Å²) in [6.07, 6.45) is -0.573. The molecule has 1 aliphatic heterocycles. The van der Waals surface area contributed by atoms with Crippen LogP contribution >= 0.6 is 11.8 Å². The third-order valence-corrected chi connectivity index (χ3v) is 5.42. The van der Waals surface area contributed by atoms with Gasteiger partial charge in [-0.3, -0.25) is 0 Å². The van der Waals surface area contributed by atoms with Gasteiger partial charge in [0.25, 0.3) is 0 Å². The van der Waals surface area contributed by atoms with Gasteiger partial charge in [-0.05, 0) is 24.6 Å². The Morgan fingerprint density at radius 2 is 1.96 bits per heavy atom. The highest BCUT2D eigenvalue weighted by molar-refractivity contribution is 7.99. The summed E-state index contributed by atoms with van der Waals surface area (Å²) in [5.41, 5.74) is 7.71. The Morgan fingerprint density at radius 1 is 1.29 bits per heavy atom. The number of nitrogens with zero attached hydrogens (tertiary/aromatic N) is 3. The van der Waals surface area contributed by atoms with Crippen molar-refractivity contribution in [2.75, 3.05) is 31.3 Å². The number of hydrogen-bond donors (Lipinski definition) is 2. The maximum atomic E-state index is 9.78. The monoisotopic (exact) mass is 396 g/mol. The maximum absolute atomic E-state index is 9.78. The van der Waals surface area contributed by atoms with Crippen LogP contribution < -0.4 is 10.5 Å². The molecule has 0 bridgehead atoms. The molecular weight excluding hydrogens is 376 g/mol. The van der Waals surface area contributed by atoms with Crippen molar-refractivity contribution in [2.24, 2.45) is 5.92 Å². The summed E-state index contributed by atoms with van der Waals surface area (Å²) in [4.78, 5) is 4.30. The van der Waals surface area contributed by atoms with E-state index >= 15 is 0 Å². The van der Waals surface area contributed by atoms with Crippen molar-refractivity contribution < 1.29 is 14.6 Å². The Balaban J connectivity index is 1.96. The molecule has 8 heteroatoms. The standard InChI is InChI=1S/C20H20N4O3S/c1-12(25)8-27-15-4-2-14(3-5-15)18-16(6-21)19(23)24-20(17(18)7-22)28-11-13-9-26-10-13/h2-5,12-13,25H,8-11H2,1H3,(H2,23,24). The highest BCUT2D eigenvalue weighted by Gasteiger charge is 2.23. The Hall–Kier alpha value is -2.78. The van der Waals surface area contributed by atoms with Crippen molar-refractivity contribution in [2.45, 2.75) is 18.1 Å². The Morgan fingerprint density at radius 3 is 2.50 bits per heavy atom. The van der Waals surface area contributed by atoms with E-state index in [1.54, 1.807) is 31.2 Å². The van der Waals surface area contributed by atoms with E-state index < -0.39 is 6.10 Å². The highest BCUT2D eigenvalue weighted by atomic mass is 32.2. The third kappa shape index (κ3) is 4.37. The van der Waals surface area contributed by atoms with Gasteiger partial charge in [0.05, 0.1) is 24.9 Å². The van der Waals surface area contributed by atoms with Gasteiger partial charge in [-0.2, -0.15) is 10.5 Å². The number of rotatable bonds is 7. The number of aliphatic hydroxyl groups excluding tert-OH is 1. The van der Waals surface area contributed by atoms with E-state index in [1.165, 1.54) is 11.8 Å². The molecule has 144 valence electrons. The second-order valence-corrected chi connectivity index (χ2v) is 7.56. The van der Waals surface area contributed by atoms with Crippen LogP contribution in [0.15, 0.2) is 29.3 Å². The first-order valence-corrected chi connectivity index (χ1v) is 9.77. The SMILES string of the molecule is CC(O)COc1ccc(-c2c(C#N)c(N)nc(SCC3COC3)c2C#N)cc1. The molecular formula is C20H20N4O3S. The molecule has 0 aliphatic carbocycles. The zero-order valence-corrected chi connectivity index (χ0v) is 16.2. The van der Waals surface area contributed by atoms with Gasteiger partial charge in [-0.15, -0.1) is 11.8 Å². The molecule has 1 saturated heterocycles. The Labute approximate surface area is 167 Å². The molecule has 1 aliphatic rings. The number of nitriles is 2. The predicted octanol–water partition coefficient (Wildman–Crippen LogP) is 2.57. The number of benzene rings is 1. The van der Waals surface area contributed by atoms with Crippen LogP contribution in [0.5, 0.6) is 5.75 Å². The molecule has 3 rings (SSSR count). The maximum Gasteiger partial charge on any atom is 0.143 e. The van der Waals surface area contributed by atoms with E-state index in [1.807, 2.05) is 0 Å². The van der Waals surface area contributed by atoms with E-state index in [2.05, 4.69) is 17.1 Å². The third-order valence-electron chi connectivity index (χ3n) is 4.21. The van der Waals surface area contributed by atoms with Crippen molar-refractivity contribution in [3.05, 3.63) is 35.4 Å². The number of ether oxygens (including phenoxy) is 2. The summed E-state index contributed by atoms with van der Waals surface area (Å²) in [5.74, 6) is 1.91. The summed E-state index contributed by atoms with van der Waals surface area (Å²) in [6.45, 7) is 3.24. The molecule has 28 heavy (non-hydrogen) atoms. The average Bonchev–Trinajstić information content (AvgIpc) is 2.65.